The van der Waals surface area contributed by atoms with Crippen molar-refractivity contribution in [3.8, 4) is 17.4 Å². The molecule has 0 fully saturated rings. The Morgan fingerprint density at radius 2 is 1.94 bits per heavy atom. The minimum atomic E-state index is -0.120. The van der Waals surface area contributed by atoms with Gasteiger partial charge in [-0.3, -0.25) is 4.79 Å². The molecule has 2 aromatic carbocycles. The second kappa shape index (κ2) is 8.72. The molecular weight excluding hydrogens is 422 g/mol. The van der Waals surface area contributed by atoms with E-state index < -0.39 is 0 Å². The Labute approximate surface area is 190 Å². The zero-order chi connectivity index (χ0) is 21.9. The first kappa shape index (κ1) is 20.1. The third-order valence-electron chi connectivity index (χ3n) is 5.26. The molecule has 0 aliphatic carbocycles. The monoisotopic (exact) mass is 443 g/mol. The van der Waals surface area contributed by atoms with Crippen LogP contribution in [0.2, 0.25) is 0 Å². The zero-order valence-electron chi connectivity index (χ0n) is 17.4. The molecule has 0 atom stereocenters. The summed E-state index contributed by atoms with van der Waals surface area (Å²) in [5.41, 5.74) is 2.86. The molecule has 5 rings (SSSR count). The number of amides is 1. The fourth-order valence-electron chi connectivity index (χ4n) is 3.66. The number of carbonyl (C=O) groups is 1. The van der Waals surface area contributed by atoms with Gasteiger partial charge < -0.3 is 19.7 Å². The Bertz CT molecular complexity index is 1270. The molecule has 0 unspecified atom stereocenters. The number of para-hydroxylation sites is 2. The van der Waals surface area contributed by atoms with Crippen LogP contribution in [-0.2, 0) is 13.1 Å². The van der Waals surface area contributed by atoms with Crippen molar-refractivity contribution in [2.24, 2.45) is 0 Å². The Kier molecular flexibility index (Phi) is 5.47. The number of hydrogen-bond acceptors (Lipinski definition) is 6. The Hall–Kier alpha value is -3.84. The number of thiophene rings is 1. The van der Waals surface area contributed by atoms with Crippen LogP contribution in [-0.4, -0.2) is 18.0 Å². The minimum absolute atomic E-state index is 0.120. The molecular formula is C25H21N3O3S. The van der Waals surface area contributed by atoms with Gasteiger partial charge in [-0.05, 0) is 36.4 Å². The zero-order valence-corrected chi connectivity index (χ0v) is 18.3. The summed E-state index contributed by atoms with van der Waals surface area (Å²) in [6.07, 6.45) is 1.72. The first-order chi connectivity index (χ1) is 15.7. The average Bonchev–Trinajstić information content (AvgIpc) is 3.26. The van der Waals surface area contributed by atoms with Crippen molar-refractivity contribution in [1.82, 2.24) is 10.3 Å². The first-order valence-corrected chi connectivity index (χ1v) is 11.0. The third-order valence-corrected chi connectivity index (χ3v) is 6.37. The predicted octanol–water partition coefficient (Wildman–Crippen LogP) is 5.53. The van der Waals surface area contributed by atoms with E-state index in [4.69, 9.17) is 9.47 Å². The number of benzene rings is 2. The van der Waals surface area contributed by atoms with Crippen LogP contribution in [0.4, 0.5) is 10.7 Å². The smallest absolute Gasteiger partial charge is 0.261 e. The molecule has 1 aliphatic heterocycles. The second-order valence-corrected chi connectivity index (χ2v) is 8.32. The number of nitrogens with zero attached hydrogens (tertiary/aromatic N) is 2. The highest BCUT2D eigenvalue weighted by Crippen LogP contribution is 2.43. The number of anilines is 2. The van der Waals surface area contributed by atoms with Gasteiger partial charge in [0, 0.05) is 23.9 Å². The van der Waals surface area contributed by atoms with Gasteiger partial charge in [-0.25, -0.2) is 4.98 Å². The van der Waals surface area contributed by atoms with Gasteiger partial charge in [0.25, 0.3) is 5.91 Å². The number of fused-ring (bicyclic) bond motifs is 2. The summed E-state index contributed by atoms with van der Waals surface area (Å²) in [6.45, 7) is 1.02. The van der Waals surface area contributed by atoms with Crippen molar-refractivity contribution in [3.05, 3.63) is 95.0 Å². The van der Waals surface area contributed by atoms with Gasteiger partial charge in [0.2, 0.25) is 5.88 Å². The van der Waals surface area contributed by atoms with Crippen molar-refractivity contribution in [2.75, 3.05) is 12.0 Å². The lowest BCUT2D eigenvalue weighted by atomic mass is 10.2. The summed E-state index contributed by atoms with van der Waals surface area (Å²) >= 11 is 1.44. The van der Waals surface area contributed by atoms with Crippen molar-refractivity contribution < 1.29 is 14.3 Å². The van der Waals surface area contributed by atoms with Gasteiger partial charge >= 0.3 is 0 Å². The number of methoxy groups -OCH3 is 1. The van der Waals surface area contributed by atoms with Crippen LogP contribution in [0.25, 0.3) is 0 Å². The van der Waals surface area contributed by atoms with E-state index >= 15 is 0 Å². The number of rotatable bonds is 5. The SMILES string of the molecule is COc1ccccc1CNC(=O)c1ccc(N2Cc3ccccc3Oc3ncccc32)s1. The lowest BCUT2D eigenvalue weighted by molar-refractivity contribution is 0.0954. The molecule has 0 radical (unpaired) electrons. The summed E-state index contributed by atoms with van der Waals surface area (Å²) < 4.78 is 11.4. The lowest BCUT2D eigenvalue weighted by Crippen LogP contribution is -2.22. The molecule has 160 valence electrons. The van der Waals surface area contributed by atoms with E-state index in [1.165, 1.54) is 11.3 Å². The Morgan fingerprint density at radius 1 is 1.09 bits per heavy atom. The largest absolute Gasteiger partial charge is 0.496 e. The van der Waals surface area contributed by atoms with E-state index in [9.17, 15) is 4.79 Å². The van der Waals surface area contributed by atoms with Gasteiger partial charge in [0.1, 0.15) is 17.2 Å². The number of nitrogens with one attached hydrogen (secondary N) is 1. The fourth-order valence-corrected chi connectivity index (χ4v) is 4.60. The molecule has 1 N–H and O–H groups in total. The first-order valence-electron chi connectivity index (χ1n) is 10.2. The average molecular weight is 444 g/mol. The molecule has 7 heteroatoms. The lowest BCUT2D eigenvalue weighted by Gasteiger charge is -2.21. The molecule has 32 heavy (non-hydrogen) atoms. The standard InChI is InChI=1S/C25H21N3O3S/c1-30-20-10-4-2-7-17(20)15-27-24(29)22-12-13-23(32-22)28-16-18-8-3-5-11-21(18)31-25-19(28)9-6-14-26-25/h2-14H,15-16H2,1H3,(H,27,29). The molecule has 0 saturated carbocycles. The molecule has 6 nitrogen and oxygen atoms in total. The summed E-state index contributed by atoms with van der Waals surface area (Å²) in [5, 5.41) is 3.94. The van der Waals surface area contributed by atoms with Crippen molar-refractivity contribution >= 4 is 27.9 Å². The number of carbonyl (C=O) groups excluding carboxylic acids is 1. The van der Waals surface area contributed by atoms with E-state index in [1.54, 1.807) is 13.3 Å². The quantitative estimate of drug-likeness (QED) is 0.440. The Balaban J connectivity index is 1.39. The van der Waals surface area contributed by atoms with Gasteiger partial charge in [-0.15, -0.1) is 11.3 Å². The maximum atomic E-state index is 12.8. The van der Waals surface area contributed by atoms with E-state index in [0.29, 0.717) is 23.8 Å². The summed E-state index contributed by atoms with van der Waals surface area (Å²) in [5.74, 6) is 1.98. The second-order valence-electron chi connectivity index (χ2n) is 7.26. The molecule has 1 amide bonds. The van der Waals surface area contributed by atoms with Gasteiger partial charge in [0.05, 0.1) is 23.5 Å². The van der Waals surface area contributed by atoms with Crippen molar-refractivity contribution in [3.63, 3.8) is 0 Å². The number of aromatic nitrogens is 1. The maximum absolute atomic E-state index is 12.8. The van der Waals surface area contributed by atoms with Crippen LogP contribution in [0.3, 0.4) is 0 Å². The van der Waals surface area contributed by atoms with Crippen LogP contribution < -0.4 is 19.7 Å². The molecule has 0 saturated heterocycles. The summed E-state index contributed by atoms with van der Waals surface area (Å²) in [4.78, 5) is 20.0. The topological polar surface area (TPSA) is 63.7 Å². The van der Waals surface area contributed by atoms with Gasteiger partial charge in [-0.1, -0.05) is 36.4 Å². The highest BCUT2D eigenvalue weighted by atomic mass is 32.1. The van der Waals surface area contributed by atoms with Crippen LogP contribution >= 0.6 is 11.3 Å². The van der Waals surface area contributed by atoms with Crippen LogP contribution in [0.5, 0.6) is 17.4 Å². The van der Waals surface area contributed by atoms with Crippen LogP contribution in [0.15, 0.2) is 79.0 Å². The molecule has 0 spiro atoms. The van der Waals surface area contributed by atoms with E-state index in [-0.39, 0.29) is 5.91 Å². The summed E-state index contributed by atoms with van der Waals surface area (Å²) in [6, 6.07) is 23.3. The third kappa shape index (κ3) is 3.90. The molecule has 1 aliphatic rings. The van der Waals surface area contributed by atoms with Crippen LogP contribution in [0, 0.1) is 0 Å². The highest BCUT2D eigenvalue weighted by Gasteiger charge is 2.24. The number of pyridine rings is 1. The summed E-state index contributed by atoms with van der Waals surface area (Å²) in [7, 11) is 1.63. The van der Waals surface area contributed by atoms with Crippen molar-refractivity contribution in [1.29, 1.82) is 0 Å². The van der Waals surface area contributed by atoms with E-state index in [2.05, 4.69) is 15.2 Å². The van der Waals surface area contributed by atoms with Gasteiger partial charge in [0.15, 0.2) is 0 Å². The predicted molar refractivity (Wildman–Crippen MR) is 125 cm³/mol. The highest BCUT2D eigenvalue weighted by molar-refractivity contribution is 7.18. The molecule has 3 heterocycles. The number of hydrogen-bond donors (Lipinski definition) is 1. The Morgan fingerprint density at radius 3 is 2.84 bits per heavy atom. The maximum Gasteiger partial charge on any atom is 0.261 e. The molecule has 2 aromatic heterocycles. The van der Waals surface area contributed by atoms with Crippen molar-refractivity contribution in [2.45, 2.75) is 13.1 Å². The van der Waals surface area contributed by atoms with E-state index in [0.717, 1.165) is 33.3 Å². The normalized spacial score (nSPS) is 12.2. The molecule has 4 aromatic rings. The molecule has 0 bridgehead atoms. The van der Waals surface area contributed by atoms with Gasteiger partial charge in [-0.2, -0.15) is 0 Å². The van der Waals surface area contributed by atoms with Crippen LogP contribution in [0.1, 0.15) is 20.8 Å². The van der Waals surface area contributed by atoms with E-state index in [1.807, 2.05) is 72.8 Å². The number of ether oxygens (including phenoxy) is 2. The minimum Gasteiger partial charge on any atom is -0.496 e. The fraction of sp³-hybridized carbons (Fsp3) is 0.120.